The van der Waals surface area contributed by atoms with Crippen LogP contribution in [-0.2, 0) is 29.7 Å². The zero-order chi connectivity index (χ0) is 25.4. The van der Waals surface area contributed by atoms with Crippen LogP contribution in [0.25, 0.3) is 11.0 Å². The molecule has 0 spiro atoms. The minimum atomic E-state index is -0.272. The Morgan fingerprint density at radius 2 is 1.69 bits per heavy atom. The summed E-state index contributed by atoms with van der Waals surface area (Å²) in [6.45, 7) is 4.25. The molecular weight excluding hydrogens is 474 g/mol. The third-order valence-corrected chi connectivity index (χ3v) is 7.53. The molecule has 1 fully saturated rings. The van der Waals surface area contributed by atoms with Crippen molar-refractivity contribution in [1.82, 2.24) is 9.55 Å². The number of hydrogen-bond acceptors (Lipinski definition) is 7. The highest BCUT2D eigenvalue weighted by Gasteiger charge is 2.31. The average molecular weight is 502 g/mol. The molecule has 5 rings (SSSR count). The Morgan fingerprint density at radius 3 is 2.36 bits per heavy atom. The number of carbonyl (C=O) groups is 2. The number of nitrogens with zero attached hydrogens (tertiary/aromatic N) is 2. The van der Waals surface area contributed by atoms with Crippen LogP contribution in [0.5, 0.6) is 17.2 Å². The lowest BCUT2D eigenvalue weighted by molar-refractivity contribution is -0.121. The van der Waals surface area contributed by atoms with E-state index < -0.39 is 0 Å². The highest BCUT2D eigenvalue weighted by Crippen LogP contribution is 2.31. The van der Waals surface area contributed by atoms with Crippen molar-refractivity contribution in [2.24, 2.45) is 7.05 Å². The summed E-state index contributed by atoms with van der Waals surface area (Å²) in [5, 5.41) is -0.312. The highest BCUT2D eigenvalue weighted by molar-refractivity contribution is 8.15. The number of hydrogen-bond donors (Lipinski definition) is 1. The number of ether oxygens (including phenoxy) is 2. The molecule has 4 aromatic rings. The Labute approximate surface area is 213 Å². The molecule has 0 aliphatic carbocycles. The summed E-state index contributed by atoms with van der Waals surface area (Å²) in [7, 11) is 1.95. The van der Waals surface area contributed by atoms with Crippen molar-refractivity contribution in [1.29, 1.82) is 0 Å². The lowest BCUT2D eigenvalue weighted by Crippen LogP contribution is -2.13. The van der Waals surface area contributed by atoms with E-state index in [1.54, 1.807) is 0 Å². The lowest BCUT2D eigenvalue weighted by Gasteiger charge is -2.11. The third-order valence-electron chi connectivity index (χ3n) is 6.41. The smallest absolute Gasteiger partial charge is 0.197 e. The number of aromatic nitrogens is 2. The fraction of sp³-hybridized carbons (Fsp3) is 0.250. The molecular formula is C28H27N3O4S. The third kappa shape index (κ3) is 4.95. The average Bonchev–Trinajstić information content (AvgIpc) is 3.34. The van der Waals surface area contributed by atoms with Gasteiger partial charge >= 0.3 is 0 Å². The first-order chi connectivity index (χ1) is 17.3. The molecule has 36 heavy (non-hydrogen) atoms. The predicted octanol–water partition coefficient (Wildman–Crippen LogP) is 5.29. The molecule has 0 radical (unpaired) electrons. The van der Waals surface area contributed by atoms with E-state index in [1.807, 2.05) is 80.1 Å². The quantitative estimate of drug-likeness (QED) is 0.272. The number of nitrogen functional groups attached to an aromatic ring is 1. The van der Waals surface area contributed by atoms with Crippen LogP contribution in [0.1, 0.15) is 28.9 Å². The normalized spacial score (nSPS) is 15.6. The maximum absolute atomic E-state index is 11.9. The summed E-state index contributed by atoms with van der Waals surface area (Å²) >= 11 is 1.14. The molecule has 1 aromatic heterocycles. The topological polar surface area (TPSA) is 96.4 Å². The van der Waals surface area contributed by atoms with Crippen molar-refractivity contribution in [3.05, 3.63) is 77.1 Å². The molecule has 3 aromatic carbocycles. The van der Waals surface area contributed by atoms with Gasteiger partial charge in [-0.1, -0.05) is 23.9 Å². The van der Waals surface area contributed by atoms with Crippen LogP contribution in [0.15, 0.2) is 54.6 Å². The number of nitrogens with two attached hydrogens (primary N) is 1. The molecule has 1 atom stereocenters. The summed E-state index contributed by atoms with van der Waals surface area (Å²) in [6, 6.07) is 17.3. The molecule has 184 valence electrons. The number of imidazole rings is 1. The number of ketones is 1. The van der Waals surface area contributed by atoms with Gasteiger partial charge in [0.05, 0.1) is 22.7 Å². The second-order valence-electron chi connectivity index (χ2n) is 9.07. The Balaban J connectivity index is 1.25. The van der Waals surface area contributed by atoms with E-state index in [9.17, 15) is 9.59 Å². The van der Waals surface area contributed by atoms with Crippen LogP contribution >= 0.6 is 11.8 Å². The molecule has 0 amide bonds. The fourth-order valence-electron chi connectivity index (χ4n) is 4.30. The van der Waals surface area contributed by atoms with Crippen LogP contribution in [0.2, 0.25) is 0 Å². The van der Waals surface area contributed by atoms with Crippen LogP contribution < -0.4 is 15.2 Å². The van der Waals surface area contributed by atoms with E-state index in [0.717, 1.165) is 62.5 Å². The maximum Gasteiger partial charge on any atom is 0.197 e. The molecule has 2 heterocycles. The predicted molar refractivity (Wildman–Crippen MR) is 142 cm³/mol. The molecule has 1 saturated heterocycles. The van der Waals surface area contributed by atoms with E-state index in [4.69, 9.17) is 20.2 Å². The van der Waals surface area contributed by atoms with E-state index in [1.165, 1.54) is 0 Å². The van der Waals surface area contributed by atoms with Crippen LogP contribution in [-0.4, -0.2) is 25.7 Å². The first kappa shape index (κ1) is 23.9. The Hall–Kier alpha value is -3.78. The Morgan fingerprint density at radius 1 is 1.00 bits per heavy atom. The first-order valence-electron chi connectivity index (χ1n) is 11.7. The largest absolute Gasteiger partial charge is 0.486 e. The minimum Gasteiger partial charge on any atom is -0.486 e. The summed E-state index contributed by atoms with van der Waals surface area (Å²) in [6.07, 6.45) is 0.600. The number of carbonyl (C=O) groups excluding carboxylic acids is 2. The number of anilines is 1. The van der Waals surface area contributed by atoms with Crippen molar-refractivity contribution in [2.45, 2.75) is 38.5 Å². The van der Waals surface area contributed by atoms with Gasteiger partial charge in [0.15, 0.2) is 10.9 Å². The SMILES string of the molecule is Cc1cc(Oc2ccc3nc(COc4ccc(CC5SC(=O)CC5=O)cc4)n(C)c3c2)cc(C)c1N. The molecule has 8 heteroatoms. The van der Waals surface area contributed by atoms with E-state index in [2.05, 4.69) is 0 Å². The minimum absolute atomic E-state index is 0.0134. The van der Waals surface area contributed by atoms with Crippen molar-refractivity contribution >= 4 is 39.4 Å². The van der Waals surface area contributed by atoms with Gasteiger partial charge in [-0.05, 0) is 73.4 Å². The summed E-state index contributed by atoms with van der Waals surface area (Å²) in [5.41, 5.74) is 11.6. The molecule has 1 aliphatic heterocycles. The van der Waals surface area contributed by atoms with E-state index in [-0.39, 0.29) is 22.6 Å². The number of Topliss-reactive ketones (excluding diaryl/α,β-unsaturated/α-hetero) is 1. The van der Waals surface area contributed by atoms with Gasteiger partial charge in [0.1, 0.15) is 29.7 Å². The number of rotatable bonds is 7. The van der Waals surface area contributed by atoms with Gasteiger partial charge in [0.2, 0.25) is 0 Å². The first-order valence-corrected chi connectivity index (χ1v) is 12.6. The monoisotopic (exact) mass is 501 g/mol. The Kier molecular flexibility index (Phi) is 6.45. The number of benzene rings is 3. The lowest BCUT2D eigenvalue weighted by atomic mass is 10.1. The van der Waals surface area contributed by atoms with Crippen molar-refractivity contribution in [3.8, 4) is 17.2 Å². The molecule has 0 saturated carbocycles. The van der Waals surface area contributed by atoms with Crippen LogP contribution in [0.4, 0.5) is 5.69 Å². The molecule has 7 nitrogen and oxygen atoms in total. The van der Waals surface area contributed by atoms with Crippen molar-refractivity contribution in [3.63, 3.8) is 0 Å². The van der Waals surface area contributed by atoms with Crippen molar-refractivity contribution < 1.29 is 19.1 Å². The van der Waals surface area contributed by atoms with Crippen molar-refractivity contribution in [2.75, 3.05) is 5.73 Å². The van der Waals surface area contributed by atoms with Gasteiger partial charge in [-0.25, -0.2) is 4.98 Å². The zero-order valence-corrected chi connectivity index (χ0v) is 21.2. The summed E-state index contributed by atoms with van der Waals surface area (Å²) in [4.78, 5) is 28.1. The van der Waals surface area contributed by atoms with Gasteiger partial charge in [-0.15, -0.1) is 0 Å². The van der Waals surface area contributed by atoms with Gasteiger partial charge in [-0.3, -0.25) is 9.59 Å². The second kappa shape index (κ2) is 9.70. The molecule has 0 bridgehead atoms. The standard InChI is InChI=1S/C28H27N3O4S/c1-16-10-21(11-17(2)28(16)29)35-20-8-9-22-23(13-20)31(3)26(30-22)15-34-19-6-4-18(5-7-19)12-25-24(32)14-27(33)36-25/h4-11,13,25H,12,14-15,29H2,1-3H3. The molecule has 1 aliphatic rings. The van der Waals surface area contributed by atoms with E-state index >= 15 is 0 Å². The van der Waals surface area contributed by atoms with E-state index in [0.29, 0.717) is 18.8 Å². The fourth-order valence-corrected chi connectivity index (χ4v) is 5.34. The Bertz CT molecular complexity index is 1450. The second-order valence-corrected chi connectivity index (χ2v) is 10.3. The highest BCUT2D eigenvalue weighted by atomic mass is 32.2. The van der Waals surface area contributed by atoms with Gasteiger partial charge in [0, 0.05) is 18.8 Å². The summed E-state index contributed by atoms with van der Waals surface area (Å²) in [5.74, 6) is 2.98. The van der Waals surface area contributed by atoms with Gasteiger partial charge in [0.25, 0.3) is 0 Å². The molecule has 1 unspecified atom stereocenters. The zero-order valence-electron chi connectivity index (χ0n) is 20.4. The molecule has 2 N–H and O–H groups in total. The van der Waals surface area contributed by atoms with Crippen LogP contribution in [0.3, 0.4) is 0 Å². The number of thioether (sulfide) groups is 1. The summed E-state index contributed by atoms with van der Waals surface area (Å²) < 4.78 is 14.1. The maximum atomic E-state index is 11.9. The van der Waals surface area contributed by atoms with Crippen LogP contribution in [0, 0.1) is 13.8 Å². The van der Waals surface area contributed by atoms with Gasteiger partial charge < -0.3 is 19.8 Å². The number of fused-ring (bicyclic) bond motifs is 1. The van der Waals surface area contributed by atoms with Gasteiger partial charge in [-0.2, -0.15) is 0 Å². The number of aryl methyl sites for hydroxylation is 3.